The average Bonchev–Trinajstić information content (AvgIpc) is 2.75. The predicted octanol–water partition coefficient (Wildman–Crippen LogP) is 3.86. The van der Waals surface area contributed by atoms with E-state index < -0.39 is 0 Å². The third kappa shape index (κ3) is 1.63. The summed E-state index contributed by atoms with van der Waals surface area (Å²) in [6.45, 7) is 3.89. The van der Waals surface area contributed by atoms with Gasteiger partial charge in [-0.25, -0.2) is 0 Å². The van der Waals surface area contributed by atoms with E-state index in [2.05, 4.69) is 5.10 Å². The molecule has 4 heteroatoms. The summed E-state index contributed by atoms with van der Waals surface area (Å²) in [6.07, 6.45) is 0. The highest BCUT2D eigenvalue weighted by Gasteiger charge is 2.14. The molecule has 1 aromatic carbocycles. The first-order valence-corrected chi connectivity index (χ1v) is 5.74. The molecule has 0 saturated heterocycles. The number of halogens is 1. The fraction of sp³-hybridized carbons (Fsp3) is 0.154. The lowest BCUT2D eigenvalue weighted by Crippen LogP contribution is -1.90. The summed E-state index contributed by atoms with van der Waals surface area (Å²) in [7, 11) is 0. The normalized spacial score (nSPS) is 11.2. The molecule has 17 heavy (non-hydrogen) atoms. The van der Waals surface area contributed by atoms with Gasteiger partial charge >= 0.3 is 0 Å². The number of rotatable bonds is 1. The largest absolute Gasteiger partial charge is 0.441 e. The van der Waals surface area contributed by atoms with Crippen LogP contribution in [0.5, 0.6) is 0 Å². The monoisotopic (exact) mass is 246 g/mol. The van der Waals surface area contributed by atoms with Crippen molar-refractivity contribution < 1.29 is 4.42 Å². The van der Waals surface area contributed by atoms with Crippen LogP contribution < -0.4 is 0 Å². The zero-order valence-electron chi connectivity index (χ0n) is 9.57. The zero-order valence-corrected chi connectivity index (χ0v) is 10.3. The summed E-state index contributed by atoms with van der Waals surface area (Å²) < 4.78 is 7.50. The number of aryl methyl sites for hydroxylation is 2. The van der Waals surface area contributed by atoms with Crippen molar-refractivity contribution >= 4 is 17.3 Å². The Balaban J connectivity index is 2.28. The second-order valence-electron chi connectivity index (χ2n) is 4.05. The quantitative estimate of drug-likeness (QED) is 0.653. The van der Waals surface area contributed by atoms with Crippen molar-refractivity contribution in [1.29, 1.82) is 0 Å². The maximum atomic E-state index is 5.89. The van der Waals surface area contributed by atoms with Crippen LogP contribution in [0.4, 0.5) is 0 Å². The van der Waals surface area contributed by atoms with Crippen LogP contribution in [-0.2, 0) is 0 Å². The van der Waals surface area contributed by atoms with Crippen LogP contribution in [0.3, 0.4) is 0 Å². The Morgan fingerprint density at radius 1 is 1.18 bits per heavy atom. The molecule has 0 saturated carbocycles. The lowest BCUT2D eigenvalue weighted by atomic mass is 10.1. The van der Waals surface area contributed by atoms with Gasteiger partial charge in [-0.15, -0.1) is 0 Å². The summed E-state index contributed by atoms with van der Waals surface area (Å²) in [4.78, 5) is 0. The minimum Gasteiger partial charge on any atom is -0.441 e. The average molecular weight is 247 g/mol. The van der Waals surface area contributed by atoms with Gasteiger partial charge in [-0.1, -0.05) is 23.7 Å². The molecule has 0 bridgehead atoms. The number of nitrogens with zero attached hydrogens (tertiary/aromatic N) is 2. The molecule has 0 amide bonds. The van der Waals surface area contributed by atoms with E-state index in [1.54, 1.807) is 0 Å². The van der Waals surface area contributed by atoms with Gasteiger partial charge in [0.1, 0.15) is 11.5 Å². The van der Waals surface area contributed by atoms with E-state index in [1.165, 1.54) is 0 Å². The zero-order chi connectivity index (χ0) is 12.0. The second-order valence-corrected chi connectivity index (χ2v) is 4.49. The molecule has 86 valence electrons. The van der Waals surface area contributed by atoms with Gasteiger partial charge in [0.15, 0.2) is 0 Å². The first kappa shape index (κ1) is 10.4. The van der Waals surface area contributed by atoms with Crippen LogP contribution in [-0.4, -0.2) is 9.61 Å². The predicted molar refractivity (Wildman–Crippen MR) is 67.4 cm³/mol. The molecule has 0 aliphatic carbocycles. The summed E-state index contributed by atoms with van der Waals surface area (Å²) >= 11 is 5.89. The number of fused-ring (bicyclic) bond motifs is 1. The van der Waals surface area contributed by atoms with Gasteiger partial charge in [-0.3, -0.25) is 0 Å². The van der Waals surface area contributed by atoms with Gasteiger partial charge in [0.25, 0.3) is 0 Å². The lowest BCUT2D eigenvalue weighted by molar-refractivity contribution is 0.573. The molecule has 3 rings (SSSR count). The van der Waals surface area contributed by atoms with Crippen molar-refractivity contribution in [2.75, 3.05) is 0 Å². The SMILES string of the molecule is Cc1cc2oc(C)c(-c3ccc(Cl)cc3)n2n1. The summed E-state index contributed by atoms with van der Waals surface area (Å²) in [6, 6.07) is 9.59. The molecule has 0 aliphatic heterocycles. The van der Waals surface area contributed by atoms with Gasteiger partial charge in [-0.05, 0) is 26.0 Å². The smallest absolute Gasteiger partial charge is 0.222 e. The van der Waals surface area contributed by atoms with Gasteiger partial charge in [0, 0.05) is 16.7 Å². The molecule has 3 nitrogen and oxygen atoms in total. The van der Waals surface area contributed by atoms with Crippen molar-refractivity contribution in [2.45, 2.75) is 13.8 Å². The topological polar surface area (TPSA) is 30.4 Å². The molecule has 2 heterocycles. The summed E-state index contributed by atoms with van der Waals surface area (Å²) in [5, 5.41) is 5.15. The first-order chi connectivity index (χ1) is 8.15. The van der Waals surface area contributed by atoms with Crippen LogP contribution in [0.15, 0.2) is 34.7 Å². The molecule has 0 aliphatic rings. The summed E-state index contributed by atoms with van der Waals surface area (Å²) in [5.41, 5.74) is 3.74. The number of hydrogen-bond donors (Lipinski definition) is 0. The van der Waals surface area contributed by atoms with Gasteiger partial charge < -0.3 is 4.42 Å². The van der Waals surface area contributed by atoms with E-state index in [9.17, 15) is 0 Å². The molecule has 0 unspecified atom stereocenters. The minimum atomic E-state index is 0.725. The molecule has 0 atom stereocenters. The first-order valence-electron chi connectivity index (χ1n) is 5.37. The number of oxazole rings is 1. The third-order valence-corrected chi connectivity index (χ3v) is 2.97. The maximum absolute atomic E-state index is 5.89. The third-order valence-electron chi connectivity index (χ3n) is 2.72. The molecule has 0 spiro atoms. The van der Waals surface area contributed by atoms with E-state index in [1.807, 2.05) is 48.7 Å². The van der Waals surface area contributed by atoms with Crippen LogP contribution in [0, 0.1) is 13.8 Å². The number of aromatic nitrogens is 2. The molecule has 3 aromatic rings. The Kier molecular flexibility index (Phi) is 2.23. The van der Waals surface area contributed by atoms with Crippen molar-refractivity contribution in [3.63, 3.8) is 0 Å². The van der Waals surface area contributed by atoms with E-state index in [4.69, 9.17) is 16.0 Å². The van der Waals surface area contributed by atoms with Crippen LogP contribution in [0.1, 0.15) is 11.5 Å². The molecular formula is C13H11ClN2O. The van der Waals surface area contributed by atoms with E-state index in [-0.39, 0.29) is 0 Å². The Morgan fingerprint density at radius 2 is 1.88 bits per heavy atom. The molecule has 0 radical (unpaired) electrons. The highest BCUT2D eigenvalue weighted by Crippen LogP contribution is 2.28. The molecule has 0 N–H and O–H groups in total. The van der Waals surface area contributed by atoms with Gasteiger partial charge in [-0.2, -0.15) is 9.61 Å². The Morgan fingerprint density at radius 3 is 2.59 bits per heavy atom. The lowest BCUT2D eigenvalue weighted by Gasteiger charge is -1.99. The maximum Gasteiger partial charge on any atom is 0.222 e. The van der Waals surface area contributed by atoms with Crippen molar-refractivity contribution in [3.8, 4) is 11.3 Å². The standard InChI is InChI=1S/C13H11ClN2O/c1-8-7-12-16(15-8)13(9(2)17-12)10-3-5-11(14)6-4-10/h3-7H,1-2H3. The Hall–Kier alpha value is -1.74. The van der Waals surface area contributed by atoms with Crippen LogP contribution >= 0.6 is 11.6 Å². The number of hydrogen-bond acceptors (Lipinski definition) is 2. The molecule has 2 aromatic heterocycles. The van der Waals surface area contributed by atoms with E-state index in [0.29, 0.717) is 0 Å². The minimum absolute atomic E-state index is 0.725. The summed E-state index contributed by atoms with van der Waals surface area (Å²) in [5.74, 6) is 0.856. The molecular weight excluding hydrogens is 236 g/mol. The van der Waals surface area contributed by atoms with E-state index in [0.717, 1.165) is 33.4 Å². The fourth-order valence-electron chi connectivity index (χ4n) is 2.00. The van der Waals surface area contributed by atoms with Crippen LogP contribution in [0.25, 0.3) is 17.0 Å². The van der Waals surface area contributed by atoms with Gasteiger partial charge in [0.05, 0.1) is 5.69 Å². The highest BCUT2D eigenvalue weighted by molar-refractivity contribution is 6.30. The Bertz CT molecular complexity index is 679. The number of benzene rings is 1. The van der Waals surface area contributed by atoms with Crippen molar-refractivity contribution in [2.24, 2.45) is 0 Å². The highest BCUT2D eigenvalue weighted by atomic mass is 35.5. The van der Waals surface area contributed by atoms with Crippen LogP contribution in [0.2, 0.25) is 5.02 Å². The Labute approximate surface area is 104 Å². The molecule has 0 fully saturated rings. The van der Waals surface area contributed by atoms with Crippen molar-refractivity contribution in [1.82, 2.24) is 9.61 Å². The van der Waals surface area contributed by atoms with Crippen molar-refractivity contribution in [3.05, 3.63) is 46.8 Å². The second kappa shape index (κ2) is 3.64. The fourth-order valence-corrected chi connectivity index (χ4v) is 2.12. The van der Waals surface area contributed by atoms with E-state index >= 15 is 0 Å². The van der Waals surface area contributed by atoms with Gasteiger partial charge in [0.2, 0.25) is 5.71 Å².